The molecule has 1 fully saturated rings. The number of likely N-dealkylation sites (tertiary alicyclic amines) is 1. The van der Waals surface area contributed by atoms with Crippen LogP contribution >= 0.6 is 0 Å². The molecule has 148 valence electrons. The quantitative estimate of drug-likeness (QED) is 0.838. The molecular formula is C23H29N3O2. The van der Waals surface area contributed by atoms with Crippen LogP contribution in [0.2, 0.25) is 0 Å². The second-order valence-corrected chi connectivity index (χ2v) is 8.06. The number of amides is 1. The van der Waals surface area contributed by atoms with Gasteiger partial charge in [-0.1, -0.05) is 30.3 Å². The number of hydrogen-bond acceptors (Lipinski definition) is 4. The number of likely N-dealkylation sites (N-methyl/N-ethyl adjacent to an activating group) is 1. The van der Waals surface area contributed by atoms with Gasteiger partial charge in [-0.2, -0.15) is 0 Å². The van der Waals surface area contributed by atoms with Crippen LogP contribution in [0.25, 0.3) is 0 Å². The molecule has 2 aromatic rings. The number of fused-ring (bicyclic) bond motifs is 2. The van der Waals surface area contributed by atoms with E-state index >= 15 is 0 Å². The van der Waals surface area contributed by atoms with E-state index in [0.29, 0.717) is 6.54 Å². The minimum absolute atomic E-state index is 0.00871. The minimum atomic E-state index is -0.00871. The van der Waals surface area contributed by atoms with Crippen LogP contribution in [-0.4, -0.2) is 57.8 Å². The highest BCUT2D eigenvalue weighted by atomic mass is 16.5. The number of carbonyl (C=O) groups excluding carboxylic acids is 1. The third-order valence-electron chi connectivity index (χ3n) is 6.12. The lowest BCUT2D eigenvalue weighted by molar-refractivity contribution is 0.0951. The van der Waals surface area contributed by atoms with Crippen molar-refractivity contribution in [3.05, 3.63) is 65.2 Å². The van der Waals surface area contributed by atoms with Gasteiger partial charge >= 0.3 is 0 Å². The lowest BCUT2D eigenvalue weighted by atomic mass is 9.81. The van der Waals surface area contributed by atoms with Crippen molar-refractivity contribution in [3.63, 3.8) is 0 Å². The highest BCUT2D eigenvalue weighted by Crippen LogP contribution is 2.46. The molecule has 28 heavy (non-hydrogen) atoms. The van der Waals surface area contributed by atoms with E-state index in [-0.39, 0.29) is 11.3 Å². The van der Waals surface area contributed by atoms with Gasteiger partial charge in [0, 0.05) is 57.0 Å². The second kappa shape index (κ2) is 7.94. The molecule has 2 aliphatic heterocycles. The molecule has 1 spiro atoms. The first kappa shape index (κ1) is 19.0. The monoisotopic (exact) mass is 379 g/mol. The number of anilines is 1. The van der Waals surface area contributed by atoms with Crippen LogP contribution in [0.1, 0.15) is 27.9 Å². The van der Waals surface area contributed by atoms with Crippen LogP contribution in [0.15, 0.2) is 48.5 Å². The van der Waals surface area contributed by atoms with Gasteiger partial charge in [0.05, 0.1) is 6.61 Å². The Hall–Kier alpha value is -2.37. The number of benzene rings is 2. The van der Waals surface area contributed by atoms with Crippen LogP contribution in [0.4, 0.5) is 5.69 Å². The first-order valence-electron chi connectivity index (χ1n) is 10.0. The lowest BCUT2D eigenvalue weighted by Gasteiger charge is -2.25. The van der Waals surface area contributed by atoms with Gasteiger partial charge < -0.3 is 19.9 Å². The molecule has 1 saturated heterocycles. The van der Waals surface area contributed by atoms with Crippen molar-refractivity contribution in [1.29, 1.82) is 0 Å². The third-order valence-corrected chi connectivity index (χ3v) is 6.12. The molecule has 2 aromatic carbocycles. The largest absolute Gasteiger partial charge is 0.383 e. The summed E-state index contributed by atoms with van der Waals surface area (Å²) >= 11 is 0. The fourth-order valence-corrected chi connectivity index (χ4v) is 4.66. The van der Waals surface area contributed by atoms with Crippen molar-refractivity contribution in [1.82, 2.24) is 10.2 Å². The van der Waals surface area contributed by atoms with Gasteiger partial charge in [-0.3, -0.25) is 4.79 Å². The molecule has 1 amide bonds. The Morgan fingerprint density at radius 2 is 2.00 bits per heavy atom. The summed E-state index contributed by atoms with van der Waals surface area (Å²) in [5, 5.41) is 3.05. The Balaban J connectivity index is 1.51. The highest BCUT2D eigenvalue weighted by Gasteiger charge is 2.46. The minimum Gasteiger partial charge on any atom is -0.383 e. The Bertz CT molecular complexity index is 839. The molecular weight excluding hydrogens is 350 g/mol. The molecule has 1 N–H and O–H groups in total. The van der Waals surface area contributed by atoms with Crippen LogP contribution < -0.4 is 10.2 Å². The van der Waals surface area contributed by atoms with Crippen LogP contribution in [-0.2, 0) is 16.7 Å². The molecule has 0 bridgehead atoms. The van der Waals surface area contributed by atoms with Crippen molar-refractivity contribution < 1.29 is 9.53 Å². The summed E-state index contributed by atoms with van der Waals surface area (Å²) in [5.41, 5.74) is 4.56. The second-order valence-electron chi connectivity index (χ2n) is 8.06. The summed E-state index contributed by atoms with van der Waals surface area (Å²) in [5.74, 6) is -0.00871. The predicted octanol–water partition coefficient (Wildman–Crippen LogP) is 2.66. The SMILES string of the molecule is COCCN1CCC2(C1)CN(C)c1ccc(C(=O)NCc3ccccc3)cc12. The zero-order valence-electron chi connectivity index (χ0n) is 16.8. The van der Waals surface area contributed by atoms with Crippen LogP contribution in [0.3, 0.4) is 0 Å². The molecule has 2 heterocycles. The zero-order valence-corrected chi connectivity index (χ0v) is 16.8. The average Bonchev–Trinajstić information content (AvgIpc) is 3.26. The lowest BCUT2D eigenvalue weighted by Crippen LogP contribution is -2.36. The van der Waals surface area contributed by atoms with Gasteiger partial charge in [0.1, 0.15) is 0 Å². The Morgan fingerprint density at radius 1 is 1.18 bits per heavy atom. The molecule has 5 heteroatoms. The van der Waals surface area contributed by atoms with Crippen molar-refractivity contribution in [2.45, 2.75) is 18.4 Å². The smallest absolute Gasteiger partial charge is 0.251 e. The average molecular weight is 380 g/mol. The maximum absolute atomic E-state index is 12.8. The van der Waals surface area contributed by atoms with Gasteiger partial charge in [-0.05, 0) is 42.3 Å². The van der Waals surface area contributed by atoms with Gasteiger partial charge in [0.25, 0.3) is 5.91 Å². The van der Waals surface area contributed by atoms with Gasteiger partial charge in [0.2, 0.25) is 0 Å². The number of rotatable bonds is 6. The summed E-state index contributed by atoms with van der Waals surface area (Å²) in [6, 6.07) is 16.2. The topological polar surface area (TPSA) is 44.8 Å². The van der Waals surface area contributed by atoms with E-state index in [0.717, 1.165) is 50.3 Å². The summed E-state index contributed by atoms with van der Waals surface area (Å²) < 4.78 is 5.25. The summed E-state index contributed by atoms with van der Waals surface area (Å²) in [6.07, 6.45) is 1.13. The van der Waals surface area contributed by atoms with Crippen LogP contribution in [0.5, 0.6) is 0 Å². The van der Waals surface area contributed by atoms with Gasteiger partial charge in [-0.25, -0.2) is 0 Å². The Morgan fingerprint density at radius 3 is 2.79 bits per heavy atom. The molecule has 0 aromatic heterocycles. The van der Waals surface area contributed by atoms with Crippen molar-refractivity contribution in [3.8, 4) is 0 Å². The first-order chi connectivity index (χ1) is 13.6. The Kier molecular flexibility index (Phi) is 5.38. The number of hydrogen-bond donors (Lipinski definition) is 1. The number of nitrogens with zero attached hydrogens (tertiary/aromatic N) is 2. The molecule has 1 unspecified atom stereocenters. The maximum Gasteiger partial charge on any atom is 0.251 e. The van der Waals surface area contributed by atoms with Crippen LogP contribution in [0, 0.1) is 0 Å². The molecule has 5 nitrogen and oxygen atoms in total. The number of ether oxygens (including phenoxy) is 1. The van der Waals surface area contributed by atoms with Gasteiger partial charge in [0.15, 0.2) is 0 Å². The Labute approximate surface area is 167 Å². The van der Waals surface area contributed by atoms with E-state index in [1.54, 1.807) is 7.11 Å². The highest BCUT2D eigenvalue weighted by molar-refractivity contribution is 5.95. The van der Waals surface area contributed by atoms with Crippen molar-refractivity contribution in [2.75, 3.05) is 51.8 Å². The van der Waals surface area contributed by atoms with E-state index in [4.69, 9.17) is 4.74 Å². The summed E-state index contributed by atoms with van der Waals surface area (Å²) in [7, 11) is 3.91. The third kappa shape index (κ3) is 3.64. The zero-order chi connectivity index (χ0) is 19.6. The van der Waals surface area contributed by atoms with E-state index in [9.17, 15) is 4.79 Å². The fourth-order valence-electron chi connectivity index (χ4n) is 4.66. The standard InChI is InChI=1S/C23H29N3O2/c1-25-16-23(10-11-26(17-23)12-13-28-2)20-14-19(8-9-21(20)25)22(27)24-15-18-6-4-3-5-7-18/h3-9,14H,10-13,15-17H2,1-2H3,(H,24,27). The first-order valence-corrected chi connectivity index (χ1v) is 10.0. The van der Waals surface area contributed by atoms with E-state index < -0.39 is 0 Å². The van der Waals surface area contributed by atoms with Gasteiger partial charge in [-0.15, -0.1) is 0 Å². The molecule has 1 atom stereocenters. The van der Waals surface area contributed by atoms with E-state index in [2.05, 4.69) is 34.3 Å². The summed E-state index contributed by atoms with van der Waals surface area (Å²) in [6.45, 7) is 5.41. The molecule has 4 rings (SSSR count). The number of methoxy groups -OCH3 is 1. The molecule has 0 aliphatic carbocycles. The molecule has 0 saturated carbocycles. The molecule has 2 aliphatic rings. The summed E-state index contributed by atoms with van der Waals surface area (Å²) in [4.78, 5) is 17.6. The van der Waals surface area contributed by atoms with Crippen molar-refractivity contribution in [2.24, 2.45) is 0 Å². The fraction of sp³-hybridized carbons (Fsp3) is 0.435. The number of carbonyl (C=O) groups is 1. The van der Waals surface area contributed by atoms with Crippen molar-refractivity contribution >= 4 is 11.6 Å². The predicted molar refractivity (Wildman–Crippen MR) is 112 cm³/mol. The molecule has 0 radical (unpaired) electrons. The van der Waals surface area contributed by atoms with E-state index in [1.807, 2.05) is 36.4 Å². The normalized spacial score (nSPS) is 21.3. The number of nitrogens with one attached hydrogen (secondary N) is 1. The van der Waals surface area contributed by atoms with E-state index in [1.165, 1.54) is 11.3 Å². The maximum atomic E-state index is 12.8.